The number of nitrogens with zero attached hydrogens (tertiary/aromatic N) is 1. The molecule has 0 saturated heterocycles. The first-order valence-corrected chi connectivity index (χ1v) is 4.42. The van der Waals surface area contributed by atoms with E-state index < -0.39 is 10.9 Å². The molecule has 0 unspecified atom stereocenters. The lowest BCUT2D eigenvalue weighted by Crippen LogP contribution is -2.01. The first kappa shape index (κ1) is 10.6. The summed E-state index contributed by atoms with van der Waals surface area (Å²) in [6, 6.07) is 3.99. The first-order chi connectivity index (χ1) is 6.49. The van der Waals surface area contributed by atoms with E-state index in [1.165, 1.54) is 25.1 Å². The minimum Gasteiger partial charge on any atom is -0.426 e. The van der Waals surface area contributed by atoms with Crippen molar-refractivity contribution in [3.8, 4) is 5.75 Å². The van der Waals surface area contributed by atoms with Crippen LogP contribution >= 0.6 is 15.9 Å². The smallest absolute Gasteiger partial charge is 0.308 e. The van der Waals surface area contributed by atoms with Crippen LogP contribution in [-0.4, -0.2) is 10.9 Å². The van der Waals surface area contributed by atoms with Crippen molar-refractivity contribution in [2.75, 3.05) is 0 Å². The lowest BCUT2D eigenvalue weighted by Gasteiger charge is -2.01. The molecular weight excluding hydrogens is 254 g/mol. The molecule has 1 aromatic carbocycles. The SMILES string of the molecule is CC(=O)Oc1cc(Br)cc([N+](=O)[O-])c1. The second-order valence-corrected chi connectivity index (χ2v) is 3.41. The fraction of sp³-hybridized carbons (Fsp3) is 0.125. The van der Waals surface area contributed by atoms with Gasteiger partial charge >= 0.3 is 5.97 Å². The van der Waals surface area contributed by atoms with E-state index in [0.29, 0.717) is 4.47 Å². The average molecular weight is 260 g/mol. The Morgan fingerprint density at radius 1 is 1.50 bits per heavy atom. The first-order valence-electron chi connectivity index (χ1n) is 3.62. The number of carbonyl (C=O) groups is 1. The van der Waals surface area contributed by atoms with Crippen LogP contribution in [0.2, 0.25) is 0 Å². The van der Waals surface area contributed by atoms with Crippen LogP contribution in [-0.2, 0) is 4.79 Å². The molecule has 0 aliphatic heterocycles. The van der Waals surface area contributed by atoms with Crippen LogP contribution in [0.4, 0.5) is 5.69 Å². The minimum absolute atomic E-state index is 0.129. The number of halogens is 1. The van der Waals surface area contributed by atoms with Crippen molar-refractivity contribution in [3.05, 3.63) is 32.8 Å². The molecule has 0 bridgehead atoms. The van der Waals surface area contributed by atoms with Gasteiger partial charge in [-0.3, -0.25) is 14.9 Å². The van der Waals surface area contributed by atoms with Gasteiger partial charge in [-0.1, -0.05) is 15.9 Å². The van der Waals surface area contributed by atoms with Gasteiger partial charge in [0.2, 0.25) is 0 Å². The van der Waals surface area contributed by atoms with Crippen molar-refractivity contribution in [3.63, 3.8) is 0 Å². The van der Waals surface area contributed by atoms with Gasteiger partial charge in [-0.15, -0.1) is 0 Å². The van der Waals surface area contributed by atoms with Gasteiger partial charge in [-0.25, -0.2) is 0 Å². The number of hydrogen-bond acceptors (Lipinski definition) is 4. The molecule has 0 amide bonds. The third kappa shape index (κ3) is 2.81. The van der Waals surface area contributed by atoms with Crippen molar-refractivity contribution in [2.24, 2.45) is 0 Å². The third-order valence-electron chi connectivity index (χ3n) is 1.33. The Morgan fingerprint density at radius 3 is 2.64 bits per heavy atom. The molecule has 14 heavy (non-hydrogen) atoms. The minimum atomic E-state index is -0.558. The molecule has 0 aromatic heterocycles. The zero-order chi connectivity index (χ0) is 10.7. The fourth-order valence-electron chi connectivity index (χ4n) is 0.878. The quantitative estimate of drug-likeness (QED) is 0.354. The maximum absolute atomic E-state index is 10.6. The zero-order valence-electron chi connectivity index (χ0n) is 7.19. The standard InChI is InChI=1S/C8H6BrNO4/c1-5(11)14-8-3-6(9)2-7(4-8)10(12)13/h2-4H,1H3. The largest absolute Gasteiger partial charge is 0.426 e. The number of ether oxygens (including phenoxy) is 1. The van der Waals surface area contributed by atoms with Crippen LogP contribution in [0.25, 0.3) is 0 Å². The highest BCUT2D eigenvalue weighted by Gasteiger charge is 2.10. The van der Waals surface area contributed by atoms with E-state index in [9.17, 15) is 14.9 Å². The average Bonchev–Trinajstić information content (AvgIpc) is 2.01. The number of nitro benzene ring substituents is 1. The Balaban J connectivity index is 3.07. The molecule has 0 fully saturated rings. The van der Waals surface area contributed by atoms with Gasteiger partial charge in [0, 0.05) is 17.5 Å². The van der Waals surface area contributed by atoms with Crippen LogP contribution in [0.3, 0.4) is 0 Å². The predicted molar refractivity (Wildman–Crippen MR) is 52.1 cm³/mol. The summed E-state index contributed by atoms with van der Waals surface area (Å²) in [5, 5.41) is 10.4. The highest BCUT2D eigenvalue weighted by Crippen LogP contribution is 2.26. The second-order valence-electron chi connectivity index (χ2n) is 2.50. The molecule has 0 aliphatic rings. The molecule has 1 aromatic rings. The number of nitro groups is 1. The lowest BCUT2D eigenvalue weighted by atomic mass is 10.3. The number of esters is 1. The molecular formula is C8H6BrNO4. The lowest BCUT2D eigenvalue weighted by molar-refractivity contribution is -0.385. The maximum Gasteiger partial charge on any atom is 0.308 e. The van der Waals surface area contributed by atoms with Crippen LogP contribution in [0.5, 0.6) is 5.75 Å². The predicted octanol–water partition coefficient (Wildman–Crippen LogP) is 2.28. The second kappa shape index (κ2) is 4.19. The van der Waals surface area contributed by atoms with Crippen LogP contribution in [0.1, 0.15) is 6.92 Å². The summed E-state index contributed by atoms with van der Waals surface area (Å²) in [6.45, 7) is 1.23. The van der Waals surface area contributed by atoms with E-state index in [0.717, 1.165) is 0 Å². The maximum atomic E-state index is 10.6. The normalized spacial score (nSPS) is 9.57. The van der Waals surface area contributed by atoms with Gasteiger partial charge in [0.1, 0.15) is 5.75 Å². The summed E-state index contributed by atoms with van der Waals surface area (Å²) >= 11 is 3.08. The summed E-state index contributed by atoms with van der Waals surface area (Å²) in [5.41, 5.74) is -0.129. The van der Waals surface area contributed by atoms with E-state index in [-0.39, 0.29) is 11.4 Å². The highest BCUT2D eigenvalue weighted by atomic mass is 79.9. The van der Waals surface area contributed by atoms with E-state index in [1.807, 2.05) is 0 Å². The fourth-order valence-corrected chi connectivity index (χ4v) is 1.34. The van der Waals surface area contributed by atoms with Crippen molar-refractivity contribution >= 4 is 27.6 Å². The van der Waals surface area contributed by atoms with Gasteiger partial charge in [0.15, 0.2) is 0 Å². The number of carbonyl (C=O) groups excluding carboxylic acids is 1. The molecule has 6 heteroatoms. The Hall–Kier alpha value is -1.43. The van der Waals surface area contributed by atoms with E-state index in [4.69, 9.17) is 4.74 Å². The van der Waals surface area contributed by atoms with Gasteiger partial charge in [-0.05, 0) is 6.07 Å². The molecule has 1 rings (SSSR count). The molecule has 0 N–H and O–H groups in total. The van der Waals surface area contributed by atoms with Gasteiger partial charge in [-0.2, -0.15) is 0 Å². The molecule has 0 atom stereocenters. The van der Waals surface area contributed by atoms with Crippen molar-refractivity contribution in [1.82, 2.24) is 0 Å². The van der Waals surface area contributed by atoms with Crippen molar-refractivity contribution < 1.29 is 14.5 Å². The zero-order valence-corrected chi connectivity index (χ0v) is 8.78. The summed E-state index contributed by atoms with van der Waals surface area (Å²) in [6.07, 6.45) is 0. The Morgan fingerprint density at radius 2 is 2.14 bits per heavy atom. The molecule has 0 saturated carbocycles. The summed E-state index contributed by atoms with van der Waals surface area (Å²) in [7, 11) is 0. The Labute approximate surface area is 88.0 Å². The summed E-state index contributed by atoms with van der Waals surface area (Å²) < 4.78 is 5.20. The topological polar surface area (TPSA) is 69.4 Å². The Bertz CT molecular complexity index is 391. The molecule has 0 heterocycles. The molecule has 0 spiro atoms. The Kier molecular flexibility index (Phi) is 3.19. The monoisotopic (exact) mass is 259 g/mol. The van der Waals surface area contributed by atoms with Crippen molar-refractivity contribution in [1.29, 1.82) is 0 Å². The van der Waals surface area contributed by atoms with E-state index >= 15 is 0 Å². The third-order valence-corrected chi connectivity index (χ3v) is 1.79. The molecule has 5 nitrogen and oxygen atoms in total. The van der Waals surface area contributed by atoms with E-state index in [1.54, 1.807) is 0 Å². The number of benzene rings is 1. The van der Waals surface area contributed by atoms with Crippen LogP contribution < -0.4 is 4.74 Å². The number of rotatable bonds is 2. The molecule has 0 aliphatic carbocycles. The highest BCUT2D eigenvalue weighted by molar-refractivity contribution is 9.10. The van der Waals surface area contributed by atoms with Gasteiger partial charge in [0.05, 0.1) is 11.0 Å². The van der Waals surface area contributed by atoms with Gasteiger partial charge < -0.3 is 4.74 Å². The van der Waals surface area contributed by atoms with E-state index in [2.05, 4.69) is 15.9 Å². The molecule has 74 valence electrons. The van der Waals surface area contributed by atoms with Crippen LogP contribution in [0.15, 0.2) is 22.7 Å². The molecule has 0 radical (unpaired) electrons. The van der Waals surface area contributed by atoms with Gasteiger partial charge in [0.25, 0.3) is 5.69 Å². The van der Waals surface area contributed by atoms with Crippen molar-refractivity contribution in [2.45, 2.75) is 6.92 Å². The van der Waals surface area contributed by atoms with Crippen LogP contribution in [0, 0.1) is 10.1 Å². The summed E-state index contributed by atoms with van der Waals surface area (Å²) in [4.78, 5) is 20.5. The number of non-ortho nitro benzene ring substituents is 1. The summed E-state index contributed by atoms with van der Waals surface area (Å²) in [5.74, 6) is -0.365. The number of hydrogen-bond donors (Lipinski definition) is 0.